The van der Waals surface area contributed by atoms with Gasteiger partial charge in [0.15, 0.2) is 11.6 Å². The Morgan fingerprint density at radius 3 is 2.70 bits per heavy atom. The van der Waals surface area contributed by atoms with E-state index in [-0.39, 0.29) is 16.3 Å². The Morgan fingerprint density at radius 1 is 1.14 bits per heavy atom. The maximum absolute atomic E-state index is 15.7. The Balaban J connectivity index is 1.52. The van der Waals surface area contributed by atoms with Gasteiger partial charge in [-0.1, -0.05) is 0 Å². The van der Waals surface area contributed by atoms with Gasteiger partial charge in [0.05, 0.1) is 45.3 Å². The zero-order valence-corrected chi connectivity index (χ0v) is 23.8. The van der Waals surface area contributed by atoms with Crippen molar-refractivity contribution in [2.24, 2.45) is 7.05 Å². The minimum Gasteiger partial charge on any atom is -0.477 e. The van der Waals surface area contributed by atoms with Crippen molar-refractivity contribution in [1.29, 1.82) is 0 Å². The molecule has 2 fully saturated rings. The molecule has 11 nitrogen and oxygen atoms in total. The highest BCUT2D eigenvalue weighted by molar-refractivity contribution is 6.18. The van der Waals surface area contributed by atoms with Crippen LogP contribution in [-0.2, 0) is 11.8 Å². The number of likely N-dealkylation sites (N-methyl/N-ethyl adjacent to an activating group) is 1. The van der Waals surface area contributed by atoms with Gasteiger partial charge in [-0.3, -0.25) is 4.79 Å². The van der Waals surface area contributed by atoms with Gasteiger partial charge in [0.25, 0.3) is 0 Å². The predicted octanol–water partition coefficient (Wildman–Crippen LogP) is 3.56. The fourth-order valence-corrected chi connectivity index (χ4v) is 6.66. The van der Waals surface area contributed by atoms with E-state index in [0.29, 0.717) is 64.4 Å². The van der Waals surface area contributed by atoms with Gasteiger partial charge in [-0.15, -0.1) is 0 Å². The van der Waals surface area contributed by atoms with Crippen molar-refractivity contribution in [3.8, 4) is 11.1 Å². The molecule has 0 saturated carbocycles. The van der Waals surface area contributed by atoms with Crippen LogP contribution >= 0.6 is 0 Å². The minimum atomic E-state index is -1.34. The van der Waals surface area contributed by atoms with Crippen LogP contribution in [0.2, 0.25) is 0 Å². The highest BCUT2D eigenvalue weighted by Crippen LogP contribution is 2.45. The molecule has 13 heteroatoms. The molecule has 0 aliphatic carbocycles. The van der Waals surface area contributed by atoms with Crippen LogP contribution in [0, 0.1) is 11.6 Å². The van der Waals surface area contributed by atoms with Gasteiger partial charge in [-0.2, -0.15) is 0 Å². The van der Waals surface area contributed by atoms with E-state index in [1.165, 1.54) is 10.8 Å². The number of halogens is 2. The third-order valence-electron chi connectivity index (χ3n) is 8.66. The van der Waals surface area contributed by atoms with E-state index < -0.39 is 28.6 Å². The molecule has 0 amide bonds. The molecule has 4 aromatic heterocycles. The number of pyridine rings is 3. The van der Waals surface area contributed by atoms with Crippen LogP contribution in [-0.4, -0.2) is 88.0 Å². The van der Waals surface area contributed by atoms with Gasteiger partial charge in [0.2, 0.25) is 5.43 Å². The lowest BCUT2D eigenvalue weighted by Gasteiger charge is -2.39. The Bertz CT molecular complexity index is 2040. The summed E-state index contributed by atoms with van der Waals surface area (Å²) in [5, 5.41) is 13.1. The molecule has 0 bridgehead atoms. The largest absolute Gasteiger partial charge is 0.477 e. The van der Waals surface area contributed by atoms with Gasteiger partial charge in [0.1, 0.15) is 16.9 Å². The molecule has 43 heavy (non-hydrogen) atoms. The van der Waals surface area contributed by atoms with E-state index in [0.717, 1.165) is 25.6 Å². The van der Waals surface area contributed by atoms with E-state index in [2.05, 4.69) is 30.1 Å². The van der Waals surface area contributed by atoms with Gasteiger partial charge in [0, 0.05) is 76.1 Å². The molecule has 5 aromatic rings. The Hall–Kier alpha value is -4.62. The number of hydrogen-bond acceptors (Lipinski definition) is 8. The van der Waals surface area contributed by atoms with E-state index >= 15 is 4.39 Å². The fourth-order valence-electron chi connectivity index (χ4n) is 6.66. The summed E-state index contributed by atoms with van der Waals surface area (Å²) < 4.78 is 38.4. The van der Waals surface area contributed by atoms with Crippen LogP contribution in [0.4, 0.5) is 20.2 Å². The fraction of sp³-hybridized carbons (Fsp3) is 0.333. The molecule has 2 aliphatic rings. The predicted molar refractivity (Wildman–Crippen MR) is 159 cm³/mol. The molecular formula is C30H29F2N7O4. The second-order valence-electron chi connectivity index (χ2n) is 11.4. The minimum absolute atomic E-state index is 0.0594. The lowest BCUT2D eigenvalue weighted by Crippen LogP contribution is -2.52. The van der Waals surface area contributed by atoms with Crippen LogP contribution in [0.3, 0.4) is 0 Å². The highest BCUT2D eigenvalue weighted by atomic mass is 19.2. The van der Waals surface area contributed by atoms with Crippen molar-refractivity contribution in [1.82, 2.24) is 24.4 Å². The van der Waals surface area contributed by atoms with Crippen LogP contribution in [0.15, 0.2) is 35.5 Å². The van der Waals surface area contributed by atoms with Crippen LogP contribution in [0.1, 0.15) is 16.8 Å². The van der Waals surface area contributed by atoms with Crippen LogP contribution < -0.4 is 15.6 Å². The number of carboxylic acids is 1. The van der Waals surface area contributed by atoms with E-state index in [1.54, 1.807) is 32.6 Å². The van der Waals surface area contributed by atoms with Gasteiger partial charge in [-0.05, 0) is 19.5 Å². The second kappa shape index (κ2) is 9.71. The molecular weight excluding hydrogens is 560 g/mol. The molecule has 2 saturated heterocycles. The molecule has 2 aliphatic heterocycles. The zero-order valence-electron chi connectivity index (χ0n) is 23.8. The number of nitrogens with zero attached hydrogens (tertiary/aromatic N) is 5. The van der Waals surface area contributed by atoms with Gasteiger partial charge in [-0.25, -0.2) is 23.5 Å². The quantitative estimate of drug-likeness (QED) is 0.288. The van der Waals surface area contributed by atoms with E-state index in [4.69, 9.17) is 4.74 Å². The zero-order chi connectivity index (χ0) is 30.2. The van der Waals surface area contributed by atoms with Crippen molar-refractivity contribution in [2.45, 2.75) is 12.0 Å². The first-order chi connectivity index (χ1) is 20.6. The standard InChI is InChI=1S/C30H29F2N7O4/c1-33-20-9-19(31)23(32)21-22-25(39-5-4-30(14-39)13-37(2)6-7-43-30)17(11-34-27(22)36-24(20)21)15-8-16-26(40)18(29(41)42)12-38(3)28(16)35-10-15/h8-12,33H,4-7,13-14H2,1-3H3,(H,34,36)(H,41,42). The van der Waals surface area contributed by atoms with E-state index in [9.17, 15) is 19.1 Å². The average molecular weight is 590 g/mol. The number of morpholine rings is 1. The third kappa shape index (κ3) is 4.13. The number of benzene rings is 1. The van der Waals surface area contributed by atoms with Crippen molar-refractivity contribution in [3.05, 3.63) is 58.1 Å². The summed E-state index contributed by atoms with van der Waals surface area (Å²) in [4.78, 5) is 41.6. The summed E-state index contributed by atoms with van der Waals surface area (Å²) >= 11 is 0. The number of ether oxygens (including phenoxy) is 1. The molecule has 6 heterocycles. The van der Waals surface area contributed by atoms with Crippen molar-refractivity contribution in [3.63, 3.8) is 0 Å². The number of aryl methyl sites for hydroxylation is 1. The highest BCUT2D eigenvalue weighted by Gasteiger charge is 2.43. The third-order valence-corrected chi connectivity index (χ3v) is 8.66. The average Bonchev–Trinajstić information content (AvgIpc) is 3.57. The number of nitrogens with one attached hydrogen (secondary N) is 2. The number of H-pyrrole nitrogens is 1. The molecule has 1 unspecified atom stereocenters. The first kappa shape index (κ1) is 27.2. The van der Waals surface area contributed by atoms with E-state index in [1.807, 2.05) is 7.05 Å². The van der Waals surface area contributed by atoms with Crippen molar-refractivity contribution in [2.75, 3.05) is 57.1 Å². The first-order valence-electron chi connectivity index (χ1n) is 13.9. The maximum atomic E-state index is 15.7. The van der Waals surface area contributed by atoms with Crippen molar-refractivity contribution < 1.29 is 23.4 Å². The summed E-state index contributed by atoms with van der Waals surface area (Å²) in [6.07, 6.45) is 5.16. The molecule has 1 aromatic carbocycles. The van der Waals surface area contributed by atoms with Gasteiger partial charge < -0.3 is 34.5 Å². The number of fused-ring (bicyclic) bond motifs is 4. The first-order valence-corrected chi connectivity index (χ1v) is 13.9. The number of aromatic carboxylic acids is 1. The Morgan fingerprint density at radius 2 is 1.95 bits per heavy atom. The van der Waals surface area contributed by atoms with Crippen molar-refractivity contribution >= 4 is 50.3 Å². The van der Waals surface area contributed by atoms with Gasteiger partial charge >= 0.3 is 5.97 Å². The van der Waals surface area contributed by atoms with Crippen LogP contribution in [0.25, 0.3) is 44.1 Å². The maximum Gasteiger partial charge on any atom is 0.341 e. The summed E-state index contributed by atoms with van der Waals surface area (Å²) in [6, 6.07) is 2.69. The molecule has 0 radical (unpaired) electrons. The number of aromatic amines is 1. The number of carbonyl (C=O) groups is 1. The summed E-state index contributed by atoms with van der Waals surface area (Å²) in [6.45, 7) is 3.21. The lowest BCUT2D eigenvalue weighted by molar-refractivity contribution is -0.0885. The number of anilines is 2. The topological polar surface area (TPSA) is 129 Å². The normalized spacial score (nSPS) is 19.3. The lowest BCUT2D eigenvalue weighted by atomic mass is 10.00. The molecule has 1 atom stereocenters. The summed E-state index contributed by atoms with van der Waals surface area (Å²) in [5.74, 6) is -3.34. The second-order valence-corrected chi connectivity index (χ2v) is 11.4. The summed E-state index contributed by atoms with van der Waals surface area (Å²) in [5.41, 5.74) is 1.58. The number of rotatable bonds is 4. The number of hydrogen-bond donors (Lipinski definition) is 3. The molecule has 222 valence electrons. The number of carboxylic acid groups (broad SMARTS) is 1. The number of aromatic nitrogens is 4. The smallest absolute Gasteiger partial charge is 0.341 e. The summed E-state index contributed by atoms with van der Waals surface area (Å²) in [7, 11) is 5.30. The monoisotopic (exact) mass is 589 g/mol. The molecule has 3 N–H and O–H groups in total. The Labute approximate surface area is 243 Å². The molecule has 1 spiro atoms. The Kier molecular flexibility index (Phi) is 6.15. The van der Waals surface area contributed by atoms with Crippen LogP contribution in [0.5, 0.6) is 0 Å². The SMILES string of the molecule is CNc1cc(F)c(F)c2c1[nH]c1ncc(-c3cnc4c(c3)c(=O)c(C(=O)O)cn4C)c(N3CCC4(CN(C)CCO4)C3)c12. The molecule has 7 rings (SSSR count).